The Morgan fingerprint density at radius 1 is 0.893 bits per heavy atom. The van der Waals surface area contributed by atoms with Gasteiger partial charge >= 0.3 is 24.2 Å². The van der Waals surface area contributed by atoms with Gasteiger partial charge < -0.3 is 28.4 Å². The van der Waals surface area contributed by atoms with Gasteiger partial charge in [-0.2, -0.15) is 0 Å². The van der Waals surface area contributed by atoms with Gasteiger partial charge in [-0.1, -0.05) is 0 Å². The summed E-state index contributed by atoms with van der Waals surface area (Å²) < 4.78 is 28.5. The second-order valence-electron chi connectivity index (χ2n) is 5.06. The van der Waals surface area contributed by atoms with E-state index >= 15 is 0 Å². The minimum absolute atomic E-state index is 0.0719. The van der Waals surface area contributed by atoms with Crippen molar-refractivity contribution in [1.29, 1.82) is 0 Å². The minimum Gasteiger partial charge on any atom is -0.463 e. The molecule has 1 heterocycles. The lowest BCUT2D eigenvalue weighted by atomic mass is 10.4. The van der Waals surface area contributed by atoms with E-state index < -0.39 is 36.5 Å². The Morgan fingerprint density at radius 2 is 1.39 bits per heavy atom. The predicted octanol–water partition coefficient (Wildman–Crippen LogP) is 2.02. The van der Waals surface area contributed by atoms with Crippen molar-refractivity contribution in [2.24, 2.45) is 0 Å². The highest BCUT2D eigenvalue weighted by Gasteiger charge is 2.22. The first-order valence-electron chi connectivity index (χ1n) is 8.33. The number of hydrogen-bond donors (Lipinski definition) is 0. The van der Waals surface area contributed by atoms with Gasteiger partial charge in [0.05, 0.1) is 13.2 Å². The SMILES string of the molecule is CCOC(=O)C(C)OC(=O)Oc1ccnc(OC(=O)OC(C)C(=O)OCC)c1. The van der Waals surface area contributed by atoms with Crippen molar-refractivity contribution in [2.75, 3.05) is 13.2 Å². The molecular formula is C17H21NO10. The van der Waals surface area contributed by atoms with E-state index in [1.165, 1.54) is 26.1 Å². The van der Waals surface area contributed by atoms with Gasteiger partial charge in [0, 0.05) is 12.3 Å². The summed E-state index contributed by atoms with van der Waals surface area (Å²) in [7, 11) is 0. The van der Waals surface area contributed by atoms with E-state index in [9.17, 15) is 19.2 Å². The van der Waals surface area contributed by atoms with Crippen molar-refractivity contribution in [3.8, 4) is 11.6 Å². The van der Waals surface area contributed by atoms with E-state index in [4.69, 9.17) is 23.7 Å². The zero-order chi connectivity index (χ0) is 21.1. The van der Waals surface area contributed by atoms with Crippen LogP contribution in [0.1, 0.15) is 27.7 Å². The minimum atomic E-state index is -1.20. The Kier molecular flexibility index (Phi) is 9.20. The van der Waals surface area contributed by atoms with Crippen LogP contribution in [0.4, 0.5) is 9.59 Å². The number of carbonyl (C=O) groups is 4. The van der Waals surface area contributed by atoms with E-state index in [2.05, 4.69) is 9.72 Å². The normalized spacial score (nSPS) is 12.1. The van der Waals surface area contributed by atoms with Gasteiger partial charge in [0.1, 0.15) is 5.75 Å². The summed E-state index contributed by atoms with van der Waals surface area (Å²) >= 11 is 0. The molecule has 0 aliphatic rings. The molecule has 0 spiro atoms. The number of nitrogens with zero attached hydrogens (tertiary/aromatic N) is 1. The van der Waals surface area contributed by atoms with E-state index in [1.54, 1.807) is 13.8 Å². The van der Waals surface area contributed by atoms with Gasteiger partial charge in [0.25, 0.3) is 0 Å². The Balaban J connectivity index is 2.59. The molecule has 0 aromatic carbocycles. The van der Waals surface area contributed by atoms with Crippen molar-refractivity contribution >= 4 is 24.2 Å². The van der Waals surface area contributed by atoms with Crippen LogP contribution in [0.25, 0.3) is 0 Å². The number of hydrogen-bond acceptors (Lipinski definition) is 11. The molecule has 0 fully saturated rings. The van der Waals surface area contributed by atoms with Crippen LogP contribution in [0.5, 0.6) is 11.6 Å². The molecule has 1 rings (SSSR count). The summed E-state index contributed by atoms with van der Waals surface area (Å²) in [5.74, 6) is -1.79. The van der Waals surface area contributed by atoms with Gasteiger partial charge in [0.2, 0.25) is 5.88 Å². The number of rotatable bonds is 8. The largest absolute Gasteiger partial charge is 0.516 e. The van der Waals surface area contributed by atoms with Crippen LogP contribution >= 0.6 is 0 Å². The first-order chi connectivity index (χ1) is 13.3. The molecule has 1 aromatic heterocycles. The van der Waals surface area contributed by atoms with Crippen molar-refractivity contribution in [2.45, 2.75) is 39.9 Å². The Hall–Kier alpha value is -3.37. The molecule has 0 bridgehead atoms. The molecule has 0 saturated carbocycles. The fourth-order valence-corrected chi connectivity index (χ4v) is 1.64. The van der Waals surface area contributed by atoms with Crippen LogP contribution in [-0.4, -0.2) is 54.7 Å². The molecular weight excluding hydrogens is 378 g/mol. The number of aromatic nitrogens is 1. The van der Waals surface area contributed by atoms with Gasteiger partial charge in [0.15, 0.2) is 12.2 Å². The van der Waals surface area contributed by atoms with E-state index in [0.717, 1.165) is 6.07 Å². The Morgan fingerprint density at radius 3 is 1.89 bits per heavy atom. The van der Waals surface area contributed by atoms with Gasteiger partial charge in [-0.25, -0.2) is 24.2 Å². The second-order valence-corrected chi connectivity index (χ2v) is 5.06. The molecule has 0 N–H and O–H groups in total. The molecule has 11 nitrogen and oxygen atoms in total. The number of esters is 2. The third-order valence-electron chi connectivity index (χ3n) is 2.88. The Bertz CT molecular complexity index is 650. The predicted molar refractivity (Wildman–Crippen MR) is 90.6 cm³/mol. The van der Waals surface area contributed by atoms with Crippen molar-refractivity contribution < 1.29 is 47.6 Å². The highest BCUT2D eigenvalue weighted by molar-refractivity contribution is 5.78. The molecule has 28 heavy (non-hydrogen) atoms. The maximum absolute atomic E-state index is 11.7. The molecule has 154 valence electrons. The lowest BCUT2D eigenvalue weighted by Crippen LogP contribution is -2.28. The van der Waals surface area contributed by atoms with E-state index in [-0.39, 0.29) is 24.8 Å². The molecule has 1 aromatic rings. The molecule has 2 unspecified atom stereocenters. The smallest absolute Gasteiger partial charge is 0.463 e. The standard InChI is InChI=1S/C17H21NO10/c1-5-23-14(19)10(3)25-16(21)27-12-7-8-18-13(9-12)28-17(22)26-11(4)15(20)24-6-2/h7-11H,5-6H2,1-4H3. The quantitative estimate of drug-likeness (QED) is 0.469. The molecule has 0 aliphatic carbocycles. The van der Waals surface area contributed by atoms with Gasteiger partial charge in [-0.15, -0.1) is 0 Å². The summed E-state index contributed by atoms with van der Waals surface area (Å²) in [6, 6.07) is 2.39. The van der Waals surface area contributed by atoms with Crippen LogP contribution in [-0.2, 0) is 28.5 Å². The lowest BCUT2D eigenvalue weighted by Gasteiger charge is -2.12. The van der Waals surface area contributed by atoms with Crippen LogP contribution in [0.15, 0.2) is 18.3 Å². The zero-order valence-electron chi connectivity index (χ0n) is 15.8. The highest BCUT2D eigenvalue weighted by atomic mass is 16.7. The van der Waals surface area contributed by atoms with Crippen molar-refractivity contribution in [3.05, 3.63) is 18.3 Å². The highest BCUT2D eigenvalue weighted by Crippen LogP contribution is 2.18. The summed E-state index contributed by atoms with van der Waals surface area (Å²) in [6.07, 6.45) is -3.52. The Labute approximate surface area is 160 Å². The first kappa shape index (κ1) is 22.7. The van der Waals surface area contributed by atoms with Crippen LogP contribution < -0.4 is 9.47 Å². The topological polar surface area (TPSA) is 137 Å². The molecule has 0 radical (unpaired) electrons. The fraction of sp³-hybridized carbons (Fsp3) is 0.471. The molecule has 2 atom stereocenters. The van der Waals surface area contributed by atoms with Gasteiger partial charge in [-0.3, -0.25) is 0 Å². The van der Waals surface area contributed by atoms with Crippen LogP contribution in [0.3, 0.4) is 0 Å². The summed E-state index contributed by atoms with van der Waals surface area (Å²) in [6.45, 7) is 6.12. The summed E-state index contributed by atoms with van der Waals surface area (Å²) in [4.78, 5) is 49.9. The fourth-order valence-electron chi connectivity index (χ4n) is 1.64. The third-order valence-corrected chi connectivity index (χ3v) is 2.88. The molecule has 11 heteroatoms. The average molecular weight is 399 g/mol. The average Bonchev–Trinajstić information content (AvgIpc) is 2.62. The van der Waals surface area contributed by atoms with Crippen LogP contribution in [0, 0.1) is 0 Å². The second kappa shape index (κ2) is 11.4. The van der Waals surface area contributed by atoms with Crippen LogP contribution in [0.2, 0.25) is 0 Å². The molecule has 0 aliphatic heterocycles. The first-order valence-corrected chi connectivity index (χ1v) is 8.33. The maximum Gasteiger partial charge on any atom is 0.516 e. The zero-order valence-corrected chi connectivity index (χ0v) is 15.8. The van der Waals surface area contributed by atoms with Crippen molar-refractivity contribution in [1.82, 2.24) is 4.98 Å². The monoisotopic (exact) mass is 399 g/mol. The lowest BCUT2D eigenvalue weighted by molar-refractivity contribution is -0.153. The van der Waals surface area contributed by atoms with Gasteiger partial charge in [-0.05, 0) is 33.8 Å². The molecule has 0 saturated heterocycles. The summed E-state index contributed by atoms with van der Waals surface area (Å²) in [5.41, 5.74) is 0. The van der Waals surface area contributed by atoms with E-state index in [0.29, 0.717) is 0 Å². The summed E-state index contributed by atoms with van der Waals surface area (Å²) in [5, 5.41) is 0. The number of ether oxygens (including phenoxy) is 6. The molecule has 0 amide bonds. The number of carbonyl (C=O) groups excluding carboxylic acids is 4. The van der Waals surface area contributed by atoms with Crippen molar-refractivity contribution in [3.63, 3.8) is 0 Å². The number of pyridine rings is 1. The maximum atomic E-state index is 11.7. The van der Waals surface area contributed by atoms with E-state index in [1.807, 2.05) is 0 Å². The third kappa shape index (κ3) is 7.89.